The monoisotopic (exact) mass is 188 g/mol. The molecule has 1 aliphatic heterocycles. The summed E-state index contributed by atoms with van der Waals surface area (Å²) in [5, 5.41) is 0. The molecule has 0 bridgehead atoms. The van der Waals surface area contributed by atoms with Crippen molar-refractivity contribution in [3.63, 3.8) is 0 Å². The summed E-state index contributed by atoms with van der Waals surface area (Å²) in [4.78, 5) is 0. The standard InChI is InChI=1S/C9H7F3O/c10-9(11,12)7-3-1-2-6(4-7)8-5-13-8/h1-4,8H,5H2/t8-/m0/s1. The van der Waals surface area contributed by atoms with E-state index in [0.717, 1.165) is 12.1 Å². The topological polar surface area (TPSA) is 12.5 Å². The van der Waals surface area contributed by atoms with Crippen LogP contribution in [0.5, 0.6) is 0 Å². The molecule has 0 aliphatic carbocycles. The molecule has 4 heteroatoms. The first-order chi connectivity index (χ1) is 6.07. The molecule has 1 fully saturated rings. The Labute approximate surface area is 73.1 Å². The van der Waals surface area contributed by atoms with Gasteiger partial charge in [-0.15, -0.1) is 0 Å². The van der Waals surface area contributed by atoms with Gasteiger partial charge in [0, 0.05) is 0 Å². The Kier molecular flexibility index (Phi) is 1.80. The van der Waals surface area contributed by atoms with Crippen LogP contribution < -0.4 is 0 Å². The smallest absolute Gasteiger partial charge is 0.368 e. The van der Waals surface area contributed by atoms with Gasteiger partial charge < -0.3 is 4.74 Å². The number of hydrogen-bond acceptors (Lipinski definition) is 1. The fraction of sp³-hybridized carbons (Fsp3) is 0.333. The average Bonchev–Trinajstić information content (AvgIpc) is 2.85. The third-order valence-electron chi connectivity index (χ3n) is 1.92. The van der Waals surface area contributed by atoms with Gasteiger partial charge in [-0.25, -0.2) is 0 Å². The number of ether oxygens (including phenoxy) is 1. The van der Waals surface area contributed by atoms with Gasteiger partial charge in [0.15, 0.2) is 0 Å². The Morgan fingerprint density at radius 2 is 2.00 bits per heavy atom. The maximum absolute atomic E-state index is 12.2. The van der Waals surface area contributed by atoms with Crippen LogP contribution in [0.2, 0.25) is 0 Å². The number of hydrogen-bond donors (Lipinski definition) is 0. The van der Waals surface area contributed by atoms with E-state index in [1.54, 1.807) is 6.07 Å². The molecule has 0 saturated carbocycles. The third kappa shape index (κ3) is 1.83. The highest BCUT2D eigenvalue weighted by atomic mass is 19.4. The molecular weight excluding hydrogens is 181 g/mol. The van der Waals surface area contributed by atoms with E-state index in [4.69, 9.17) is 4.74 Å². The predicted molar refractivity (Wildman–Crippen MR) is 40.1 cm³/mol. The van der Waals surface area contributed by atoms with Crippen molar-refractivity contribution in [2.45, 2.75) is 12.3 Å². The zero-order valence-corrected chi connectivity index (χ0v) is 6.64. The predicted octanol–water partition coefficient (Wildman–Crippen LogP) is 2.78. The molecule has 1 aliphatic rings. The summed E-state index contributed by atoms with van der Waals surface area (Å²) >= 11 is 0. The number of epoxide rings is 1. The molecule has 0 radical (unpaired) electrons. The first-order valence-electron chi connectivity index (χ1n) is 3.86. The Balaban J connectivity index is 2.32. The highest BCUT2D eigenvalue weighted by molar-refractivity contribution is 5.28. The van der Waals surface area contributed by atoms with Crippen LogP contribution in [0.1, 0.15) is 17.2 Å². The van der Waals surface area contributed by atoms with Gasteiger partial charge in [0.1, 0.15) is 6.10 Å². The summed E-state index contributed by atoms with van der Waals surface area (Å²) in [6, 6.07) is 5.25. The van der Waals surface area contributed by atoms with Crippen LogP contribution >= 0.6 is 0 Å². The molecule has 1 heterocycles. The summed E-state index contributed by atoms with van der Waals surface area (Å²) in [6.45, 7) is 0.529. The quantitative estimate of drug-likeness (QED) is 0.617. The summed E-state index contributed by atoms with van der Waals surface area (Å²) in [5.41, 5.74) is -0.00433. The van der Waals surface area contributed by atoms with Crippen molar-refractivity contribution in [1.29, 1.82) is 0 Å². The van der Waals surface area contributed by atoms with E-state index in [0.29, 0.717) is 12.2 Å². The maximum atomic E-state index is 12.2. The van der Waals surface area contributed by atoms with Gasteiger partial charge in [-0.3, -0.25) is 0 Å². The molecule has 1 saturated heterocycles. The van der Waals surface area contributed by atoms with Crippen LogP contribution in [0.25, 0.3) is 0 Å². The number of alkyl halides is 3. The van der Waals surface area contributed by atoms with Crippen molar-refractivity contribution in [2.75, 3.05) is 6.61 Å². The largest absolute Gasteiger partial charge is 0.416 e. The van der Waals surface area contributed by atoms with E-state index < -0.39 is 11.7 Å². The molecule has 1 aromatic carbocycles. The van der Waals surface area contributed by atoms with Crippen molar-refractivity contribution < 1.29 is 17.9 Å². The molecule has 1 atom stereocenters. The Hall–Kier alpha value is -1.03. The van der Waals surface area contributed by atoms with Crippen molar-refractivity contribution in [1.82, 2.24) is 0 Å². The lowest BCUT2D eigenvalue weighted by atomic mass is 10.1. The molecule has 0 unspecified atom stereocenters. The van der Waals surface area contributed by atoms with Crippen LogP contribution in [0, 0.1) is 0 Å². The molecule has 0 aromatic heterocycles. The van der Waals surface area contributed by atoms with Crippen molar-refractivity contribution in [3.05, 3.63) is 35.4 Å². The second kappa shape index (κ2) is 2.73. The van der Waals surface area contributed by atoms with Crippen LogP contribution in [0.3, 0.4) is 0 Å². The summed E-state index contributed by atoms with van der Waals surface area (Å²) in [5.74, 6) is 0. The molecule has 0 spiro atoms. The fourth-order valence-electron chi connectivity index (χ4n) is 1.16. The van der Waals surface area contributed by atoms with Crippen molar-refractivity contribution >= 4 is 0 Å². The van der Waals surface area contributed by atoms with Gasteiger partial charge in [0.2, 0.25) is 0 Å². The van der Waals surface area contributed by atoms with Crippen molar-refractivity contribution in [3.8, 4) is 0 Å². The SMILES string of the molecule is FC(F)(F)c1cccc([C@@H]2CO2)c1. The van der Waals surface area contributed by atoms with E-state index >= 15 is 0 Å². The lowest BCUT2D eigenvalue weighted by Crippen LogP contribution is -2.04. The van der Waals surface area contributed by atoms with E-state index in [-0.39, 0.29) is 6.10 Å². The van der Waals surface area contributed by atoms with Gasteiger partial charge in [0.25, 0.3) is 0 Å². The van der Waals surface area contributed by atoms with Crippen LogP contribution in [0.4, 0.5) is 13.2 Å². The Morgan fingerprint density at radius 1 is 1.31 bits per heavy atom. The molecule has 2 rings (SSSR count). The van der Waals surface area contributed by atoms with Gasteiger partial charge in [-0.05, 0) is 17.7 Å². The average molecular weight is 188 g/mol. The zero-order chi connectivity index (χ0) is 9.47. The molecule has 1 nitrogen and oxygen atoms in total. The second-order valence-electron chi connectivity index (χ2n) is 2.95. The first kappa shape index (κ1) is 8.56. The lowest BCUT2D eigenvalue weighted by molar-refractivity contribution is -0.137. The van der Waals surface area contributed by atoms with E-state index in [1.807, 2.05) is 0 Å². The highest BCUT2D eigenvalue weighted by Crippen LogP contribution is 2.34. The molecule has 13 heavy (non-hydrogen) atoms. The highest BCUT2D eigenvalue weighted by Gasteiger charge is 2.32. The lowest BCUT2D eigenvalue weighted by Gasteiger charge is -2.06. The third-order valence-corrected chi connectivity index (χ3v) is 1.92. The van der Waals surface area contributed by atoms with Crippen LogP contribution in [-0.2, 0) is 10.9 Å². The molecule has 0 amide bonds. The fourth-order valence-corrected chi connectivity index (χ4v) is 1.16. The zero-order valence-electron chi connectivity index (χ0n) is 6.64. The maximum Gasteiger partial charge on any atom is 0.416 e. The molecule has 0 N–H and O–H groups in total. The molecular formula is C9H7F3O. The first-order valence-corrected chi connectivity index (χ1v) is 3.86. The number of rotatable bonds is 1. The normalized spacial score (nSPS) is 21.6. The Morgan fingerprint density at radius 3 is 2.54 bits per heavy atom. The summed E-state index contributed by atoms with van der Waals surface area (Å²) in [7, 11) is 0. The van der Waals surface area contributed by atoms with Crippen LogP contribution in [0.15, 0.2) is 24.3 Å². The van der Waals surface area contributed by atoms with Gasteiger partial charge in [0.05, 0.1) is 12.2 Å². The van der Waals surface area contributed by atoms with E-state index in [2.05, 4.69) is 0 Å². The second-order valence-corrected chi connectivity index (χ2v) is 2.95. The minimum absolute atomic E-state index is 0.123. The van der Waals surface area contributed by atoms with Crippen molar-refractivity contribution in [2.24, 2.45) is 0 Å². The van der Waals surface area contributed by atoms with E-state index in [9.17, 15) is 13.2 Å². The number of benzene rings is 1. The molecule has 1 aromatic rings. The minimum atomic E-state index is -4.26. The van der Waals surface area contributed by atoms with Crippen LogP contribution in [-0.4, -0.2) is 6.61 Å². The van der Waals surface area contributed by atoms with Gasteiger partial charge in [-0.1, -0.05) is 12.1 Å². The van der Waals surface area contributed by atoms with Gasteiger partial charge in [-0.2, -0.15) is 13.2 Å². The molecule has 70 valence electrons. The minimum Gasteiger partial charge on any atom is -0.368 e. The Bertz CT molecular complexity index is 315. The van der Waals surface area contributed by atoms with E-state index in [1.165, 1.54) is 6.07 Å². The summed E-state index contributed by atoms with van der Waals surface area (Å²) < 4.78 is 41.5. The number of halogens is 3. The summed E-state index contributed by atoms with van der Waals surface area (Å²) in [6.07, 6.45) is -4.38. The van der Waals surface area contributed by atoms with Gasteiger partial charge >= 0.3 is 6.18 Å².